The molecule has 0 saturated heterocycles. The Bertz CT molecular complexity index is 557. The van der Waals surface area contributed by atoms with Crippen molar-refractivity contribution in [1.82, 2.24) is 9.55 Å². The number of carbonyl (C=O) groups is 1. The van der Waals surface area contributed by atoms with Crippen LogP contribution in [-0.2, 0) is 7.05 Å². The van der Waals surface area contributed by atoms with Crippen LogP contribution in [0.15, 0.2) is 16.6 Å². The molecule has 0 bridgehead atoms. The van der Waals surface area contributed by atoms with E-state index in [0.717, 1.165) is 21.3 Å². The minimum absolute atomic E-state index is 0.0564. The molecule has 0 saturated carbocycles. The van der Waals surface area contributed by atoms with E-state index >= 15 is 0 Å². The van der Waals surface area contributed by atoms with Gasteiger partial charge in [-0.25, -0.2) is 4.98 Å². The zero-order valence-corrected chi connectivity index (χ0v) is 10.4. The summed E-state index contributed by atoms with van der Waals surface area (Å²) in [5.74, 6) is 0.993. The molecule has 0 amide bonds. The van der Waals surface area contributed by atoms with Crippen molar-refractivity contribution >= 4 is 32.7 Å². The van der Waals surface area contributed by atoms with E-state index in [1.807, 2.05) is 30.7 Å². The molecule has 0 aliphatic carbocycles. The molecule has 3 nitrogen and oxygen atoms in total. The first kappa shape index (κ1) is 10.4. The first-order chi connectivity index (χ1) is 7.00. The van der Waals surface area contributed by atoms with Crippen molar-refractivity contribution in [2.45, 2.75) is 13.8 Å². The number of benzene rings is 1. The van der Waals surface area contributed by atoms with Gasteiger partial charge in [-0.2, -0.15) is 0 Å². The lowest BCUT2D eigenvalue weighted by atomic mass is 10.1. The van der Waals surface area contributed by atoms with Crippen LogP contribution in [0.3, 0.4) is 0 Å². The van der Waals surface area contributed by atoms with Crippen LogP contribution >= 0.6 is 15.9 Å². The van der Waals surface area contributed by atoms with Crippen LogP contribution in [0.25, 0.3) is 11.0 Å². The Morgan fingerprint density at radius 3 is 2.73 bits per heavy atom. The molecule has 4 heteroatoms. The molecule has 0 unspecified atom stereocenters. The van der Waals surface area contributed by atoms with E-state index in [2.05, 4.69) is 20.9 Å². The van der Waals surface area contributed by atoms with Gasteiger partial charge in [-0.3, -0.25) is 4.79 Å². The fourth-order valence-corrected chi connectivity index (χ4v) is 2.33. The number of rotatable bonds is 1. The number of hydrogen-bond donors (Lipinski definition) is 0. The number of Topliss-reactive ketones (excluding diaryl/α,β-unsaturated/α-hetero) is 1. The highest BCUT2D eigenvalue weighted by molar-refractivity contribution is 9.10. The van der Waals surface area contributed by atoms with E-state index in [-0.39, 0.29) is 5.78 Å². The van der Waals surface area contributed by atoms with E-state index in [1.54, 1.807) is 6.92 Å². The average Bonchev–Trinajstić information content (AvgIpc) is 2.42. The number of imidazole rings is 1. The van der Waals surface area contributed by atoms with Gasteiger partial charge in [0.25, 0.3) is 0 Å². The quantitative estimate of drug-likeness (QED) is 0.744. The highest BCUT2D eigenvalue weighted by Crippen LogP contribution is 2.26. The third-order valence-corrected chi connectivity index (χ3v) is 3.16. The maximum absolute atomic E-state index is 11.3. The molecule has 0 aliphatic heterocycles. The van der Waals surface area contributed by atoms with E-state index < -0.39 is 0 Å². The summed E-state index contributed by atoms with van der Waals surface area (Å²) in [4.78, 5) is 15.7. The van der Waals surface area contributed by atoms with Gasteiger partial charge in [0.2, 0.25) is 0 Å². The van der Waals surface area contributed by atoms with Gasteiger partial charge in [0.05, 0.1) is 11.0 Å². The Morgan fingerprint density at radius 1 is 1.47 bits per heavy atom. The number of ketones is 1. The topological polar surface area (TPSA) is 34.9 Å². The van der Waals surface area contributed by atoms with Crippen LogP contribution in [0.1, 0.15) is 23.1 Å². The van der Waals surface area contributed by atoms with Gasteiger partial charge in [-0.05, 0) is 41.9 Å². The number of halogens is 1. The predicted octanol–water partition coefficient (Wildman–Crippen LogP) is 2.85. The minimum atomic E-state index is 0.0564. The highest BCUT2D eigenvalue weighted by atomic mass is 79.9. The van der Waals surface area contributed by atoms with Crippen LogP contribution in [0.4, 0.5) is 0 Å². The van der Waals surface area contributed by atoms with Crippen molar-refractivity contribution in [1.29, 1.82) is 0 Å². The molecule has 0 spiro atoms. The summed E-state index contributed by atoms with van der Waals surface area (Å²) in [5, 5.41) is 0. The molecule has 0 radical (unpaired) electrons. The average molecular weight is 267 g/mol. The fraction of sp³-hybridized carbons (Fsp3) is 0.273. The zero-order chi connectivity index (χ0) is 11.2. The van der Waals surface area contributed by atoms with Crippen molar-refractivity contribution in [2.24, 2.45) is 7.05 Å². The van der Waals surface area contributed by atoms with Gasteiger partial charge in [-0.1, -0.05) is 0 Å². The summed E-state index contributed by atoms with van der Waals surface area (Å²) < 4.78 is 2.91. The Hall–Kier alpha value is -1.16. The second kappa shape index (κ2) is 3.45. The molecule has 1 aromatic heterocycles. The van der Waals surface area contributed by atoms with Crippen molar-refractivity contribution in [3.05, 3.63) is 28.0 Å². The molecule has 2 rings (SSSR count). The fourth-order valence-electron chi connectivity index (χ4n) is 1.62. The lowest BCUT2D eigenvalue weighted by molar-refractivity contribution is 0.101. The summed E-state index contributed by atoms with van der Waals surface area (Å²) in [7, 11) is 1.96. The first-order valence-electron chi connectivity index (χ1n) is 4.64. The maximum Gasteiger partial charge on any atom is 0.159 e. The monoisotopic (exact) mass is 266 g/mol. The smallest absolute Gasteiger partial charge is 0.159 e. The highest BCUT2D eigenvalue weighted by Gasteiger charge is 2.11. The molecular formula is C11H11BrN2O. The van der Waals surface area contributed by atoms with Crippen LogP contribution in [0.5, 0.6) is 0 Å². The van der Waals surface area contributed by atoms with Crippen LogP contribution in [-0.4, -0.2) is 15.3 Å². The van der Waals surface area contributed by atoms with Crippen LogP contribution < -0.4 is 0 Å². The summed E-state index contributed by atoms with van der Waals surface area (Å²) in [5.41, 5.74) is 2.57. The Kier molecular flexibility index (Phi) is 2.38. The van der Waals surface area contributed by atoms with Gasteiger partial charge in [-0.15, -0.1) is 0 Å². The molecule has 78 valence electrons. The number of fused-ring (bicyclic) bond motifs is 1. The van der Waals surface area contributed by atoms with E-state index in [0.29, 0.717) is 5.56 Å². The molecule has 0 N–H and O–H groups in total. The molecule has 1 heterocycles. The number of nitrogens with zero attached hydrogens (tertiary/aromatic N) is 2. The number of aromatic nitrogens is 2. The molecule has 0 atom stereocenters. The lowest BCUT2D eigenvalue weighted by Crippen LogP contribution is -1.94. The van der Waals surface area contributed by atoms with Crippen LogP contribution in [0.2, 0.25) is 0 Å². The van der Waals surface area contributed by atoms with Gasteiger partial charge in [0, 0.05) is 17.1 Å². The molecule has 0 fully saturated rings. The zero-order valence-electron chi connectivity index (χ0n) is 8.84. The molecular weight excluding hydrogens is 256 g/mol. The molecule has 15 heavy (non-hydrogen) atoms. The molecule has 0 aliphatic rings. The van der Waals surface area contributed by atoms with Gasteiger partial charge in [0.15, 0.2) is 5.78 Å². The number of hydrogen-bond acceptors (Lipinski definition) is 2. The van der Waals surface area contributed by atoms with Gasteiger partial charge in [0.1, 0.15) is 5.82 Å². The standard InChI is InChI=1S/C11H11BrN2O/c1-6(15)8-4-9(12)11-10(5-8)13-7(2)14(11)3/h4-5H,1-3H3. The van der Waals surface area contributed by atoms with Gasteiger partial charge < -0.3 is 4.57 Å². The Morgan fingerprint density at radius 2 is 2.13 bits per heavy atom. The molecule has 1 aromatic carbocycles. The maximum atomic E-state index is 11.3. The number of aryl methyl sites for hydroxylation is 2. The van der Waals surface area contributed by atoms with Crippen molar-refractivity contribution in [3.63, 3.8) is 0 Å². The third kappa shape index (κ3) is 1.59. The normalized spacial score (nSPS) is 10.9. The summed E-state index contributed by atoms with van der Waals surface area (Å²) >= 11 is 3.47. The second-order valence-electron chi connectivity index (χ2n) is 3.60. The second-order valence-corrected chi connectivity index (χ2v) is 4.45. The first-order valence-corrected chi connectivity index (χ1v) is 5.43. The van der Waals surface area contributed by atoms with E-state index in [9.17, 15) is 4.79 Å². The van der Waals surface area contributed by atoms with Crippen LogP contribution in [0, 0.1) is 6.92 Å². The predicted molar refractivity (Wildman–Crippen MR) is 63.2 cm³/mol. The Labute approximate surface area is 96.2 Å². The summed E-state index contributed by atoms with van der Waals surface area (Å²) in [6.07, 6.45) is 0. The minimum Gasteiger partial charge on any atom is -0.330 e. The Balaban J connectivity index is 2.84. The molecule has 2 aromatic rings. The third-order valence-electron chi connectivity index (χ3n) is 2.55. The van der Waals surface area contributed by atoms with Gasteiger partial charge >= 0.3 is 0 Å². The number of carbonyl (C=O) groups excluding carboxylic acids is 1. The van der Waals surface area contributed by atoms with Crippen molar-refractivity contribution < 1.29 is 4.79 Å². The lowest BCUT2D eigenvalue weighted by Gasteiger charge is -2.01. The van der Waals surface area contributed by atoms with E-state index in [4.69, 9.17) is 0 Å². The summed E-state index contributed by atoms with van der Waals surface area (Å²) in [6, 6.07) is 3.67. The van der Waals surface area contributed by atoms with Crippen molar-refractivity contribution in [2.75, 3.05) is 0 Å². The summed E-state index contributed by atoms with van der Waals surface area (Å²) in [6.45, 7) is 3.50. The largest absolute Gasteiger partial charge is 0.330 e. The van der Waals surface area contributed by atoms with E-state index in [1.165, 1.54) is 0 Å². The van der Waals surface area contributed by atoms with Crippen molar-refractivity contribution in [3.8, 4) is 0 Å². The SMILES string of the molecule is CC(=O)c1cc(Br)c2c(c1)nc(C)n2C.